The zero-order valence-electron chi connectivity index (χ0n) is 16.7. The number of nitrogens with zero attached hydrogens (tertiary/aromatic N) is 1. The van der Waals surface area contributed by atoms with Crippen molar-refractivity contribution in [2.24, 2.45) is 0 Å². The highest BCUT2D eigenvalue weighted by atomic mass is 16.7. The molecule has 1 amide bonds. The maximum absolute atomic E-state index is 13.3. The first-order valence-corrected chi connectivity index (χ1v) is 10.2. The van der Waals surface area contributed by atoms with Crippen LogP contribution in [0.1, 0.15) is 27.7 Å². The lowest BCUT2D eigenvalue weighted by atomic mass is 10.1. The predicted octanol–water partition coefficient (Wildman–Crippen LogP) is 3.95. The van der Waals surface area contributed by atoms with Crippen molar-refractivity contribution in [3.63, 3.8) is 0 Å². The fourth-order valence-electron chi connectivity index (χ4n) is 4.22. The summed E-state index contributed by atoms with van der Waals surface area (Å²) in [4.78, 5) is 15.1. The molecule has 3 aromatic rings. The summed E-state index contributed by atoms with van der Waals surface area (Å²) in [6.45, 7) is 1.73. The molecule has 156 valence electrons. The summed E-state index contributed by atoms with van der Waals surface area (Å²) in [5.41, 5.74) is 3.48. The topological polar surface area (TPSA) is 69.3 Å². The van der Waals surface area contributed by atoms with Gasteiger partial charge in [0.2, 0.25) is 6.79 Å². The molecule has 3 heterocycles. The van der Waals surface area contributed by atoms with Crippen molar-refractivity contribution < 1.29 is 23.7 Å². The van der Waals surface area contributed by atoms with Crippen LogP contribution < -0.4 is 24.3 Å². The van der Waals surface area contributed by atoms with Gasteiger partial charge < -0.3 is 29.2 Å². The van der Waals surface area contributed by atoms with Crippen LogP contribution in [-0.2, 0) is 6.54 Å². The molecule has 0 fully saturated rings. The van der Waals surface area contributed by atoms with Crippen LogP contribution in [0.3, 0.4) is 0 Å². The molecule has 7 nitrogen and oxygen atoms in total. The molecule has 0 aliphatic carbocycles. The number of carbonyl (C=O) groups is 1. The summed E-state index contributed by atoms with van der Waals surface area (Å²) in [5.74, 6) is 2.86. The number of nitrogens with one attached hydrogen (secondary N) is 1. The molecule has 3 aromatic carbocycles. The molecule has 0 saturated heterocycles. The predicted molar refractivity (Wildman–Crippen MR) is 113 cm³/mol. The van der Waals surface area contributed by atoms with Gasteiger partial charge in [0.1, 0.15) is 19.4 Å². The van der Waals surface area contributed by atoms with E-state index in [1.807, 2.05) is 65.6 Å². The third-order valence-corrected chi connectivity index (χ3v) is 5.69. The van der Waals surface area contributed by atoms with Gasteiger partial charge in [-0.15, -0.1) is 0 Å². The number of benzene rings is 3. The summed E-state index contributed by atoms with van der Waals surface area (Å²) < 4.78 is 22.2. The van der Waals surface area contributed by atoms with Crippen molar-refractivity contribution in [2.75, 3.05) is 25.3 Å². The number of hydrogen-bond donors (Lipinski definition) is 1. The second-order valence-corrected chi connectivity index (χ2v) is 7.61. The Bertz CT molecular complexity index is 1180. The van der Waals surface area contributed by atoms with E-state index in [1.165, 1.54) is 0 Å². The van der Waals surface area contributed by atoms with Crippen molar-refractivity contribution in [1.29, 1.82) is 0 Å². The fourth-order valence-corrected chi connectivity index (χ4v) is 4.22. The van der Waals surface area contributed by atoms with Crippen LogP contribution >= 0.6 is 0 Å². The first-order chi connectivity index (χ1) is 15.3. The van der Waals surface area contributed by atoms with Gasteiger partial charge in [-0.1, -0.05) is 24.3 Å². The summed E-state index contributed by atoms with van der Waals surface area (Å²) in [7, 11) is 0. The van der Waals surface area contributed by atoms with Gasteiger partial charge in [0.05, 0.1) is 0 Å². The average Bonchev–Trinajstić information content (AvgIpc) is 3.38. The number of amides is 1. The molecule has 0 saturated carbocycles. The minimum atomic E-state index is -0.309. The van der Waals surface area contributed by atoms with Crippen LogP contribution in [-0.4, -0.2) is 30.8 Å². The van der Waals surface area contributed by atoms with E-state index in [-0.39, 0.29) is 18.9 Å². The van der Waals surface area contributed by atoms with Crippen LogP contribution in [0, 0.1) is 0 Å². The van der Waals surface area contributed by atoms with E-state index in [1.54, 1.807) is 0 Å². The lowest BCUT2D eigenvalue weighted by Gasteiger charge is -2.28. The van der Waals surface area contributed by atoms with Gasteiger partial charge in [-0.25, -0.2) is 0 Å². The van der Waals surface area contributed by atoms with E-state index in [0.29, 0.717) is 36.8 Å². The number of hydrogen-bond acceptors (Lipinski definition) is 6. The Morgan fingerprint density at radius 3 is 2.52 bits per heavy atom. The van der Waals surface area contributed by atoms with E-state index < -0.39 is 0 Å². The highest BCUT2D eigenvalue weighted by Crippen LogP contribution is 2.39. The Morgan fingerprint density at radius 1 is 0.839 bits per heavy atom. The zero-order valence-corrected chi connectivity index (χ0v) is 16.7. The minimum absolute atomic E-state index is 0.0108. The van der Waals surface area contributed by atoms with Crippen LogP contribution in [0.5, 0.6) is 23.0 Å². The Hall–Kier alpha value is -3.87. The Balaban J connectivity index is 1.32. The van der Waals surface area contributed by atoms with Crippen LogP contribution in [0.4, 0.5) is 5.69 Å². The van der Waals surface area contributed by atoms with E-state index in [9.17, 15) is 4.79 Å². The van der Waals surface area contributed by atoms with Gasteiger partial charge in [0.15, 0.2) is 23.0 Å². The summed E-state index contributed by atoms with van der Waals surface area (Å²) in [6.07, 6.45) is -0.309. The van der Waals surface area contributed by atoms with Gasteiger partial charge in [0.25, 0.3) is 5.91 Å². The maximum Gasteiger partial charge on any atom is 0.256 e. The standard InChI is InChI=1S/C24H20N2O5/c27-24-18-4-2-1-3-17(18)23(25-16-6-8-19-22(12-16)29-10-9-28-19)26(24)13-15-5-7-20-21(11-15)31-14-30-20/h1-8,11-12,23,25H,9-10,13-14H2/t23-/m0/s1. The van der Waals surface area contributed by atoms with E-state index in [0.717, 1.165) is 28.3 Å². The highest BCUT2D eigenvalue weighted by Gasteiger charge is 2.36. The lowest BCUT2D eigenvalue weighted by molar-refractivity contribution is 0.0728. The van der Waals surface area contributed by atoms with Crippen LogP contribution in [0.25, 0.3) is 0 Å². The zero-order chi connectivity index (χ0) is 20.8. The monoisotopic (exact) mass is 416 g/mol. The molecule has 0 unspecified atom stereocenters. The number of ether oxygens (including phenoxy) is 4. The molecule has 1 atom stereocenters. The van der Waals surface area contributed by atoms with Gasteiger partial charge in [-0.3, -0.25) is 4.79 Å². The molecule has 0 radical (unpaired) electrons. The third-order valence-electron chi connectivity index (χ3n) is 5.69. The van der Waals surface area contributed by atoms with Crippen molar-refractivity contribution >= 4 is 11.6 Å². The maximum atomic E-state index is 13.3. The van der Waals surface area contributed by atoms with E-state index in [4.69, 9.17) is 18.9 Å². The molecule has 6 rings (SSSR count). The second kappa shape index (κ2) is 7.12. The summed E-state index contributed by atoms with van der Waals surface area (Å²) in [5, 5.41) is 3.51. The Kier molecular flexibility index (Phi) is 4.12. The fraction of sp³-hybridized carbons (Fsp3) is 0.208. The van der Waals surface area contributed by atoms with Crippen molar-refractivity contribution in [3.05, 3.63) is 77.4 Å². The molecule has 31 heavy (non-hydrogen) atoms. The van der Waals surface area contributed by atoms with E-state index >= 15 is 0 Å². The molecule has 3 aliphatic heterocycles. The van der Waals surface area contributed by atoms with Crippen molar-refractivity contribution in [2.45, 2.75) is 12.7 Å². The van der Waals surface area contributed by atoms with Gasteiger partial charge in [-0.05, 0) is 35.9 Å². The minimum Gasteiger partial charge on any atom is -0.486 e. The number of rotatable bonds is 4. The molecular weight excluding hydrogens is 396 g/mol. The lowest BCUT2D eigenvalue weighted by Crippen LogP contribution is -2.31. The smallest absolute Gasteiger partial charge is 0.256 e. The SMILES string of the molecule is O=C1c2ccccc2[C@@H](Nc2ccc3c(c2)OCCO3)N1Cc1ccc2c(c1)OCO2. The van der Waals surface area contributed by atoms with Crippen LogP contribution in [0.15, 0.2) is 60.7 Å². The number of carbonyl (C=O) groups excluding carboxylic acids is 1. The number of fused-ring (bicyclic) bond motifs is 3. The normalized spacial score (nSPS) is 18.1. The Morgan fingerprint density at radius 2 is 1.58 bits per heavy atom. The number of anilines is 1. The van der Waals surface area contributed by atoms with Gasteiger partial charge >= 0.3 is 0 Å². The molecule has 0 spiro atoms. The first kappa shape index (κ1) is 17.9. The second-order valence-electron chi connectivity index (χ2n) is 7.61. The summed E-state index contributed by atoms with van der Waals surface area (Å²) >= 11 is 0. The largest absolute Gasteiger partial charge is 0.486 e. The molecular formula is C24H20N2O5. The average molecular weight is 416 g/mol. The van der Waals surface area contributed by atoms with Crippen LogP contribution in [0.2, 0.25) is 0 Å². The Labute approximate surface area is 179 Å². The summed E-state index contributed by atoms with van der Waals surface area (Å²) in [6, 6.07) is 19.2. The molecule has 1 N–H and O–H groups in total. The molecule has 0 aromatic heterocycles. The molecule has 0 bridgehead atoms. The third kappa shape index (κ3) is 3.09. The molecule has 3 aliphatic rings. The van der Waals surface area contributed by atoms with E-state index in [2.05, 4.69) is 5.32 Å². The van der Waals surface area contributed by atoms with Gasteiger partial charge in [-0.2, -0.15) is 0 Å². The van der Waals surface area contributed by atoms with Crippen molar-refractivity contribution in [1.82, 2.24) is 4.90 Å². The van der Waals surface area contributed by atoms with Crippen molar-refractivity contribution in [3.8, 4) is 23.0 Å². The van der Waals surface area contributed by atoms with Gasteiger partial charge in [0, 0.05) is 29.4 Å². The quantitative estimate of drug-likeness (QED) is 0.695. The molecule has 7 heteroatoms. The highest BCUT2D eigenvalue weighted by molar-refractivity contribution is 5.99. The first-order valence-electron chi connectivity index (χ1n) is 10.2.